The van der Waals surface area contributed by atoms with Crippen molar-refractivity contribution in [1.82, 2.24) is 16.0 Å². The van der Waals surface area contributed by atoms with Gasteiger partial charge in [-0.15, -0.1) is 0 Å². The number of nitrogens with two attached hydrogens (primary N) is 1. The number of rotatable bonds is 11. The van der Waals surface area contributed by atoms with E-state index in [0.29, 0.717) is 30.5 Å². The summed E-state index contributed by atoms with van der Waals surface area (Å²) >= 11 is 0. The maximum Gasteiger partial charge on any atom is 0.312 e. The van der Waals surface area contributed by atoms with Gasteiger partial charge in [0.15, 0.2) is 0 Å². The first-order chi connectivity index (χ1) is 15.2. The van der Waals surface area contributed by atoms with Crippen LogP contribution in [0.5, 0.6) is 0 Å². The molecule has 0 aliphatic heterocycles. The molecule has 1 aromatic carbocycles. The molecular formula is C22H33N5O5. The molecule has 0 aromatic heterocycles. The molecule has 0 saturated heterocycles. The van der Waals surface area contributed by atoms with Gasteiger partial charge in [-0.05, 0) is 57.2 Å². The molecule has 1 fully saturated rings. The van der Waals surface area contributed by atoms with E-state index in [4.69, 9.17) is 10.8 Å². The molecule has 2 rings (SSSR count). The summed E-state index contributed by atoms with van der Waals surface area (Å²) in [5, 5.41) is 19.9. The van der Waals surface area contributed by atoms with Gasteiger partial charge in [0.2, 0.25) is 17.7 Å². The van der Waals surface area contributed by atoms with Crippen LogP contribution in [-0.4, -0.2) is 47.5 Å². The van der Waals surface area contributed by atoms with Gasteiger partial charge in [-0.1, -0.05) is 18.6 Å². The standard InChI is InChI=1S/C22H33N5O5/c1-14(2)25-19(30)22(10-4-11-22)20(31)27-17(5-3-12-24-21(23)32)18(29)26-16-8-6-15(13-28)7-9-16/h6-9,14,17,28H,3-5,10-13H2,1-2H3,(H,25,30)(H,26,29)(H,27,31)(H3,23,24,32)/t17-/m0/s1. The van der Waals surface area contributed by atoms with Crippen molar-refractivity contribution in [1.29, 1.82) is 0 Å². The van der Waals surface area contributed by atoms with Crippen LogP contribution in [0.2, 0.25) is 0 Å². The molecule has 1 aliphatic carbocycles. The van der Waals surface area contributed by atoms with Crippen molar-refractivity contribution in [2.24, 2.45) is 11.1 Å². The lowest BCUT2D eigenvalue weighted by molar-refractivity contribution is -0.151. The lowest BCUT2D eigenvalue weighted by Gasteiger charge is -2.39. The topological polar surface area (TPSA) is 163 Å². The van der Waals surface area contributed by atoms with Gasteiger partial charge >= 0.3 is 6.03 Å². The second kappa shape index (κ2) is 11.5. The molecule has 7 N–H and O–H groups in total. The molecule has 0 bridgehead atoms. The van der Waals surface area contributed by atoms with Gasteiger partial charge in [0.05, 0.1) is 6.61 Å². The highest BCUT2D eigenvalue weighted by Gasteiger charge is 2.51. The molecule has 10 heteroatoms. The lowest BCUT2D eigenvalue weighted by atomic mass is 9.67. The van der Waals surface area contributed by atoms with E-state index < -0.39 is 29.3 Å². The molecule has 0 radical (unpaired) electrons. The number of hydrogen-bond donors (Lipinski definition) is 6. The van der Waals surface area contributed by atoms with Crippen molar-refractivity contribution in [3.05, 3.63) is 29.8 Å². The fourth-order valence-corrected chi connectivity index (χ4v) is 3.49. The summed E-state index contributed by atoms with van der Waals surface area (Å²) in [5.41, 5.74) is 5.11. The van der Waals surface area contributed by atoms with E-state index in [1.165, 1.54) is 0 Å². The minimum absolute atomic E-state index is 0.103. The molecule has 1 atom stereocenters. The molecule has 5 amide bonds. The van der Waals surface area contributed by atoms with Gasteiger partial charge in [0.25, 0.3) is 0 Å². The first kappa shape index (κ1) is 25.1. The van der Waals surface area contributed by atoms with Crippen molar-refractivity contribution in [2.45, 2.75) is 64.6 Å². The van der Waals surface area contributed by atoms with E-state index in [1.807, 2.05) is 13.8 Å². The molecule has 32 heavy (non-hydrogen) atoms. The molecule has 1 aromatic rings. The Morgan fingerprint density at radius 1 is 1.06 bits per heavy atom. The number of carbonyl (C=O) groups is 4. The van der Waals surface area contributed by atoms with Gasteiger partial charge in [0.1, 0.15) is 11.5 Å². The molecule has 0 heterocycles. The molecule has 0 spiro atoms. The third-order valence-corrected chi connectivity index (χ3v) is 5.49. The highest BCUT2D eigenvalue weighted by molar-refractivity contribution is 6.07. The van der Waals surface area contributed by atoms with E-state index in [0.717, 1.165) is 6.42 Å². The molecule has 10 nitrogen and oxygen atoms in total. The van der Waals surface area contributed by atoms with Gasteiger partial charge in [-0.3, -0.25) is 14.4 Å². The Hall–Kier alpha value is -3.14. The van der Waals surface area contributed by atoms with Crippen LogP contribution in [-0.2, 0) is 21.0 Å². The maximum absolute atomic E-state index is 13.1. The third kappa shape index (κ3) is 6.68. The normalized spacial score (nSPS) is 15.2. The Bertz CT molecular complexity index is 821. The third-order valence-electron chi connectivity index (χ3n) is 5.49. The number of aliphatic hydroxyl groups excluding tert-OH is 1. The van der Waals surface area contributed by atoms with E-state index in [1.54, 1.807) is 24.3 Å². The smallest absolute Gasteiger partial charge is 0.312 e. The van der Waals surface area contributed by atoms with Crippen molar-refractivity contribution in [2.75, 3.05) is 11.9 Å². The number of primary amides is 1. The highest BCUT2D eigenvalue weighted by atomic mass is 16.3. The maximum atomic E-state index is 13.1. The van der Waals surface area contributed by atoms with E-state index in [2.05, 4.69) is 21.3 Å². The number of benzene rings is 1. The van der Waals surface area contributed by atoms with E-state index in [9.17, 15) is 19.2 Å². The van der Waals surface area contributed by atoms with Gasteiger partial charge < -0.3 is 32.1 Å². The van der Waals surface area contributed by atoms with Crippen LogP contribution in [0.15, 0.2) is 24.3 Å². The summed E-state index contributed by atoms with van der Waals surface area (Å²) in [7, 11) is 0. The van der Waals surface area contributed by atoms with Gasteiger partial charge in [0, 0.05) is 18.3 Å². The van der Waals surface area contributed by atoms with Crippen LogP contribution in [0.25, 0.3) is 0 Å². The molecule has 0 unspecified atom stereocenters. The van der Waals surface area contributed by atoms with Crippen LogP contribution in [0.4, 0.5) is 10.5 Å². The first-order valence-corrected chi connectivity index (χ1v) is 10.8. The predicted octanol–water partition coefficient (Wildman–Crippen LogP) is 0.746. The van der Waals surface area contributed by atoms with Gasteiger partial charge in [-0.25, -0.2) is 4.79 Å². The highest BCUT2D eigenvalue weighted by Crippen LogP contribution is 2.41. The van der Waals surface area contributed by atoms with Crippen molar-refractivity contribution < 1.29 is 24.3 Å². The van der Waals surface area contributed by atoms with Crippen LogP contribution >= 0.6 is 0 Å². The first-order valence-electron chi connectivity index (χ1n) is 10.8. The average Bonchev–Trinajstić information content (AvgIpc) is 2.69. The van der Waals surface area contributed by atoms with Gasteiger partial charge in [-0.2, -0.15) is 0 Å². The van der Waals surface area contributed by atoms with E-state index in [-0.39, 0.29) is 31.5 Å². The van der Waals surface area contributed by atoms with Crippen LogP contribution in [0.1, 0.15) is 51.5 Å². The Morgan fingerprint density at radius 2 is 1.69 bits per heavy atom. The van der Waals surface area contributed by atoms with Crippen molar-refractivity contribution >= 4 is 29.4 Å². The largest absolute Gasteiger partial charge is 0.392 e. The van der Waals surface area contributed by atoms with Crippen molar-refractivity contribution in [3.8, 4) is 0 Å². The Morgan fingerprint density at radius 3 is 2.19 bits per heavy atom. The predicted molar refractivity (Wildman–Crippen MR) is 119 cm³/mol. The minimum atomic E-state index is -1.17. The monoisotopic (exact) mass is 447 g/mol. The number of amides is 5. The molecule has 1 aliphatic rings. The van der Waals surface area contributed by atoms with Crippen LogP contribution < -0.4 is 27.0 Å². The number of hydrogen-bond acceptors (Lipinski definition) is 5. The zero-order valence-electron chi connectivity index (χ0n) is 18.6. The summed E-state index contributed by atoms with van der Waals surface area (Å²) in [4.78, 5) is 49.6. The second-order valence-electron chi connectivity index (χ2n) is 8.37. The number of anilines is 1. The van der Waals surface area contributed by atoms with Crippen molar-refractivity contribution in [3.63, 3.8) is 0 Å². The number of urea groups is 1. The quantitative estimate of drug-likeness (QED) is 0.217. The van der Waals surface area contributed by atoms with Crippen LogP contribution in [0.3, 0.4) is 0 Å². The molecule has 176 valence electrons. The fraction of sp³-hybridized carbons (Fsp3) is 0.545. The zero-order chi connectivity index (χ0) is 23.7. The zero-order valence-corrected chi connectivity index (χ0v) is 18.6. The Labute approximate surface area is 187 Å². The average molecular weight is 448 g/mol. The number of carbonyl (C=O) groups excluding carboxylic acids is 4. The summed E-state index contributed by atoms with van der Waals surface area (Å²) in [6.45, 7) is 3.79. The Balaban J connectivity index is 2.10. The summed E-state index contributed by atoms with van der Waals surface area (Å²) in [5.74, 6) is -1.24. The Kier molecular flexibility index (Phi) is 9.01. The number of nitrogens with one attached hydrogen (secondary N) is 4. The minimum Gasteiger partial charge on any atom is -0.392 e. The lowest BCUT2D eigenvalue weighted by Crippen LogP contribution is -2.59. The number of aliphatic hydroxyl groups is 1. The molecular weight excluding hydrogens is 414 g/mol. The summed E-state index contributed by atoms with van der Waals surface area (Å²) in [6.07, 6.45) is 2.26. The van der Waals surface area contributed by atoms with Crippen LogP contribution in [0, 0.1) is 5.41 Å². The van der Waals surface area contributed by atoms with E-state index >= 15 is 0 Å². The molecule has 1 saturated carbocycles. The fourth-order valence-electron chi connectivity index (χ4n) is 3.49. The SMILES string of the molecule is CC(C)NC(=O)C1(C(=O)N[C@@H](CCCNC(N)=O)C(=O)Nc2ccc(CO)cc2)CCC1. The summed E-state index contributed by atoms with van der Waals surface area (Å²) < 4.78 is 0. The summed E-state index contributed by atoms with van der Waals surface area (Å²) in [6, 6.07) is 4.99. The second-order valence-corrected chi connectivity index (χ2v) is 8.37.